The van der Waals surface area contributed by atoms with Gasteiger partial charge in [-0.05, 0) is 68.0 Å². The fourth-order valence-corrected chi connectivity index (χ4v) is 6.72. The maximum absolute atomic E-state index is 13.0. The number of hydrogen-bond donors (Lipinski definition) is 1. The topological polar surface area (TPSA) is 40.5 Å². The monoisotopic (exact) mass is 327 g/mol. The van der Waals surface area contributed by atoms with Crippen molar-refractivity contribution >= 4 is 5.78 Å². The van der Waals surface area contributed by atoms with E-state index >= 15 is 0 Å². The Balaban J connectivity index is 2.12. The van der Waals surface area contributed by atoms with Crippen LogP contribution in [0.15, 0.2) is 12.1 Å². The zero-order chi connectivity index (χ0) is 17.5. The van der Waals surface area contributed by atoms with Gasteiger partial charge in [-0.15, -0.1) is 0 Å². The van der Waals surface area contributed by atoms with Crippen molar-refractivity contribution in [3.63, 3.8) is 0 Å². The Morgan fingerprint density at radius 1 is 1.21 bits per heavy atom. The van der Waals surface area contributed by atoms with Gasteiger partial charge < -0.3 is 10.0 Å². The van der Waals surface area contributed by atoms with E-state index in [1.807, 2.05) is 13.0 Å². The van der Waals surface area contributed by atoms with E-state index in [2.05, 4.69) is 38.8 Å². The van der Waals surface area contributed by atoms with Crippen LogP contribution in [0.4, 0.5) is 0 Å². The lowest BCUT2D eigenvalue weighted by Crippen LogP contribution is -2.72. The van der Waals surface area contributed by atoms with Crippen LogP contribution in [0.5, 0.6) is 5.75 Å². The highest BCUT2D eigenvalue weighted by atomic mass is 16.3. The summed E-state index contributed by atoms with van der Waals surface area (Å²) in [5.41, 5.74) is 3.11. The number of phenolic OH excluding ortho intramolecular Hbond substituents is 1. The summed E-state index contributed by atoms with van der Waals surface area (Å²) in [6.45, 7) is 9.79. The van der Waals surface area contributed by atoms with Gasteiger partial charge in [-0.2, -0.15) is 0 Å². The maximum Gasteiger partial charge on any atom is 0.139 e. The molecule has 2 aliphatic carbocycles. The van der Waals surface area contributed by atoms with Gasteiger partial charge in [0.25, 0.3) is 0 Å². The molecule has 1 unspecified atom stereocenters. The predicted molar refractivity (Wildman–Crippen MR) is 95.4 cm³/mol. The summed E-state index contributed by atoms with van der Waals surface area (Å²) < 4.78 is 0. The lowest BCUT2D eigenvalue weighted by atomic mass is 9.37. The second-order valence-corrected chi connectivity index (χ2v) is 9.07. The molecule has 1 aliphatic heterocycles. The van der Waals surface area contributed by atoms with Gasteiger partial charge >= 0.3 is 0 Å². The molecule has 1 saturated heterocycles. The Hall–Kier alpha value is -1.35. The summed E-state index contributed by atoms with van der Waals surface area (Å²) >= 11 is 0. The Kier molecular flexibility index (Phi) is 3.11. The molecule has 1 aromatic rings. The van der Waals surface area contributed by atoms with Crippen LogP contribution < -0.4 is 0 Å². The number of likely N-dealkylation sites (tertiary alicyclic amines) is 1. The first-order valence-corrected chi connectivity index (χ1v) is 9.22. The molecule has 1 N–H and O–H groups in total. The largest absolute Gasteiger partial charge is 0.508 e. The van der Waals surface area contributed by atoms with E-state index in [1.165, 1.54) is 11.1 Å². The number of hydrogen-bond acceptors (Lipinski definition) is 3. The number of fused-ring (bicyclic) bond motifs is 1. The maximum atomic E-state index is 13.0. The smallest absolute Gasteiger partial charge is 0.139 e. The first kappa shape index (κ1) is 16.1. The number of ketones is 1. The van der Waals surface area contributed by atoms with E-state index in [9.17, 15) is 9.90 Å². The van der Waals surface area contributed by atoms with E-state index in [0.29, 0.717) is 24.0 Å². The van der Waals surface area contributed by atoms with Gasteiger partial charge in [0.05, 0.1) is 0 Å². The SMILES string of the molecule is Cc1c(O)ccc2c1[C@]13CCN(C)[C@@H](C2)C1(C)CCC(=O)C3(C)C. The van der Waals surface area contributed by atoms with Crippen LogP contribution in [-0.4, -0.2) is 35.4 Å². The van der Waals surface area contributed by atoms with Crippen LogP contribution in [0.2, 0.25) is 0 Å². The molecule has 0 radical (unpaired) electrons. The van der Waals surface area contributed by atoms with Crippen LogP contribution >= 0.6 is 0 Å². The number of aromatic hydroxyl groups is 1. The second-order valence-electron chi connectivity index (χ2n) is 9.07. The number of Topliss-reactive ketones (excluding diaryl/α,β-unsaturated/α-hetero) is 1. The van der Waals surface area contributed by atoms with E-state index in [0.717, 1.165) is 31.4 Å². The van der Waals surface area contributed by atoms with Gasteiger partial charge in [0.15, 0.2) is 0 Å². The molecule has 3 nitrogen and oxygen atoms in total. The minimum atomic E-state index is -0.396. The number of phenols is 1. The lowest BCUT2D eigenvalue weighted by Gasteiger charge is -2.69. The molecule has 3 heteroatoms. The molecule has 2 fully saturated rings. The molecule has 3 atom stereocenters. The molecule has 0 amide bonds. The standard InChI is InChI=1S/C21H29NO2/c1-13-15(23)7-6-14-12-16-20(4)9-8-17(24)19(2,3)21(20,18(13)14)10-11-22(16)5/h6-7,16,23H,8-12H2,1-5H3/t16-,20?,21-/m0/s1. The van der Waals surface area contributed by atoms with Crippen molar-refractivity contribution in [2.24, 2.45) is 10.8 Å². The van der Waals surface area contributed by atoms with Crippen molar-refractivity contribution in [3.05, 3.63) is 28.8 Å². The zero-order valence-corrected chi connectivity index (χ0v) is 15.6. The number of carbonyl (C=O) groups excluding carboxylic acids is 1. The first-order valence-electron chi connectivity index (χ1n) is 9.22. The molecule has 0 aromatic heterocycles. The summed E-state index contributed by atoms with van der Waals surface area (Å²) in [6.07, 6.45) is 3.66. The van der Waals surface area contributed by atoms with E-state index in [-0.39, 0.29) is 10.8 Å². The number of rotatable bonds is 0. The summed E-state index contributed by atoms with van der Waals surface area (Å²) in [6, 6.07) is 4.40. The third-order valence-corrected chi connectivity index (χ3v) is 8.08. The number of nitrogens with zero attached hydrogens (tertiary/aromatic N) is 1. The minimum Gasteiger partial charge on any atom is -0.508 e. The summed E-state index contributed by atoms with van der Waals surface area (Å²) in [5.74, 6) is 0.760. The Morgan fingerprint density at radius 2 is 1.92 bits per heavy atom. The van der Waals surface area contributed by atoms with Crippen molar-refractivity contribution in [1.29, 1.82) is 0 Å². The molecule has 24 heavy (non-hydrogen) atoms. The number of benzene rings is 1. The number of carbonyl (C=O) groups is 1. The molecule has 0 spiro atoms. The van der Waals surface area contributed by atoms with Crippen molar-refractivity contribution in [2.45, 2.75) is 64.8 Å². The van der Waals surface area contributed by atoms with Gasteiger partial charge in [0.2, 0.25) is 0 Å². The average Bonchev–Trinajstić information content (AvgIpc) is 2.51. The van der Waals surface area contributed by atoms with Crippen LogP contribution in [0.1, 0.15) is 56.7 Å². The van der Waals surface area contributed by atoms with Gasteiger partial charge in [-0.3, -0.25) is 4.79 Å². The highest BCUT2D eigenvalue weighted by Gasteiger charge is 2.69. The van der Waals surface area contributed by atoms with Gasteiger partial charge in [-0.1, -0.05) is 26.8 Å². The van der Waals surface area contributed by atoms with Crippen LogP contribution in [0.3, 0.4) is 0 Å². The van der Waals surface area contributed by atoms with E-state index in [1.54, 1.807) is 0 Å². The van der Waals surface area contributed by atoms with Crippen LogP contribution in [-0.2, 0) is 16.6 Å². The third-order valence-electron chi connectivity index (χ3n) is 8.08. The Morgan fingerprint density at radius 3 is 2.62 bits per heavy atom. The molecule has 1 aromatic carbocycles. The third kappa shape index (κ3) is 1.55. The molecular weight excluding hydrogens is 298 g/mol. The van der Waals surface area contributed by atoms with Crippen molar-refractivity contribution in [3.8, 4) is 5.75 Å². The Labute approximate surface area is 145 Å². The van der Waals surface area contributed by atoms with Crippen molar-refractivity contribution < 1.29 is 9.90 Å². The Bertz CT molecular complexity index is 738. The summed E-state index contributed by atoms with van der Waals surface area (Å²) in [5, 5.41) is 10.4. The fourth-order valence-electron chi connectivity index (χ4n) is 6.72. The summed E-state index contributed by atoms with van der Waals surface area (Å²) in [4.78, 5) is 15.5. The van der Waals surface area contributed by atoms with Gasteiger partial charge in [0.1, 0.15) is 11.5 Å². The average molecular weight is 327 g/mol. The van der Waals surface area contributed by atoms with Crippen LogP contribution in [0.25, 0.3) is 0 Å². The summed E-state index contributed by atoms with van der Waals surface area (Å²) in [7, 11) is 2.24. The fraction of sp³-hybridized carbons (Fsp3) is 0.667. The normalized spacial score (nSPS) is 37.7. The molecule has 1 heterocycles. The van der Waals surface area contributed by atoms with Crippen LogP contribution in [0, 0.1) is 17.8 Å². The minimum absolute atomic E-state index is 0.0724. The molecular formula is C21H29NO2. The molecule has 2 bridgehead atoms. The number of piperidine rings is 1. The quantitative estimate of drug-likeness (QED) is 0.791. The van der Waals surface area contributed by atoms with E-state index < -0.39 is 5.41 Å². The first-order chi connectivity index (χ1) is 11.2. The highest BCUT2D eigenvalue weighted by molar-refractivity contribution is 5.88. The second kappa shape index (κ2) is 4.63. The highest BCUT2D eigenvalue weighted by Crippen LogP contribution is 2.68. The molecule has 1 saturated carbocycles. The number of likely N-dealkylation sites (N-methyl/N-ethyl adjacent to an activating group) is 1. The molecule has 3 aliphatic rings. The van der Waals surface area contributed by atoms with Crippen molar-refractivity contribution in [1.82, 2.24) is 4.90 Å². The van der Waals surface area contributed by atoms with Gasteiger partial charge in [-0.25, -0.2) is 0 Å². The lowest BCUT2D eigenvalue weighted by molar-refractivity contribution is -0.162. The van der Waals surface area contributed by atoms with E-state index in [4.69, 9.17) is 0 Å². The molecule has 130 valence electrons. The predicted octanol–water partition coefficient (Wildman–Crippen LogP) is 3.59. The van der Waals surface area contributed by atoms with Crippen molar-refractivity contribution in [2.75, 3.05) is 13.6 Å². The molecule has 4 rings (SSSR count). The van der Waals surface area contributed by atoms with Gasteiger partial charge in [0, 0.05) is 23.3 Å². The zero-order valence-electron chi connectivity index (χ0n) is 15.6.